The molecule has 4 atom stereocenters. The second-order valence-corrected chi connectivity index (χ2v) is 12.2. The minimum atomic E-state index is -1.65. The van der Waals surface area contributed by atoms with E-state index in [1.165, 1.54) is 0 Å². The average molecular weight is 298 g/mol. The summed E-state index contributed by atoms with van der Waals surface area (Å²) in [6.07, 6.45) is 0.599. The highest BCUT2D eigenvalue weighted by atomic mass is 28.3. The third-order valence-corrected chi connectivity index (χ3v) is 6.12. The average Bonchev–Trinajstić information content (AvgIpc) is 2.76. The Balaban J connectivity index is 1.97. The Bertz CT molecular complexity index is 492. The quantitative estimate of drug-likeness (QED) is 0.725. The standard InChI is InChI=1S/C14H22O5Si/c1-13(2)17-9-11(18-13)14(19-12(9)16-3)7-8(10(14)15)20(4,5)6/h7,9,11-12H,1-6H3/t9-,11?,12?,14+/m0/s1. The van der Waals surface area contributed by atoms with E-state index in [2.05, 4.69) is 19.6 Å². The molecule has 0 saturated carbocycles. The molecular weight excluding hydrogens is 276 g/mol. The SMILES string of the molecule is COC1O[C@@]2(C=C([Si](C)(C)C)C2=O)C2OC(C)(C)O[C@H]12. The largest absolute Gasteiger partial charge is 0.353 e. The van der Waals surface area contributed by atoms with Crippen LogP contribution in [-0.4, -0.2) is 50.9 Å². The Morgan fingerprint density at radius 2 is 1.85 bits per heavy atom. The highest BCUT2D eigenvalue weighted by molar-refractivity contribution is 6.88. The number of ketones is 1. The van der Waals surface area contributed by atoms with Crippen LogP contribution in [0, 0.1) is 0 Å². The molecule has 3 rings (SSSR count). The van der Waals surface area contributed by atoms with Crippen molar-refractivity contribution in [2.45, 2.75) is 63.4 Å². The number of rotatable bonds is 2. The number of methoxy groups -OCH3 is 1. The number of carbonyl (C=O) groups excluding carboxylic acids is 1. The molecule has 0 amide bonds. The van der Waals surface area contributed by atoms with Gasteiger partial charge in [-0.2, -0.15) is 0 Å². The summed E-state index contributed by atoms with van der Waals surface area (Å²) in [5.41, 5.74) is -1.01. The third-order valence-electron chi connectivity index (χ3n) is 4.13. The van der Waals surface area contributed by atoms with Crippen LogP contribution in [0.2, 0.25) is 19.6 Å². The van der Waals surface area contributed by atoms with Gasteiger partial charge in [-0.3, -0.25) is 4.79 Å². The molecule has 1 aliphatic carbocycles. The fourth-order valence-corrected chi connectivity index (χ4v) is 4.69. The van der Waals surface area contributed by atoms with Gasteiger partial charge in [0.05, 0.1) is 8.07 Å². The first kappa shape index (κ1) is 14.4. The maximum absolute atomic E-state index is 12.7. The number of carbonyl (C=O) groups is 1. The predicted molar refractivity (Wildman–Crippen MR) is 74.9 cm³/mol. The van der Waals surface area contributed by atoms with Gasteiger partial charge in [-0.15, -0.1) is 0 Å². The molecule has 3 aliphatic rings. The van der Waals surface area contributed by atoms with E-state index in [4.69, 9.17) is 18.9 Å². The van der Waals surface area contributed by atoms with Crippen LogP contribution in [0.5, 0.6) is 0 Å². The Labute approximate surface area is 120 Å². The van der Waals surface area contributed by atoms with Crippen LogP contribution >= 0.6 is 0 Å². The summed E-state index contributed by atoms with van der Waals surface area (Å²) < 4.78 is 22.9. The fourth-order valence-electron chi connectivity index (χ4n) is 3.16. The molecule has 112 valence electrons. The van der Waals surface area contributed by atoms with Gasteiger partial charge >= 0.3 is 0 Å². The van der Waals surface area contributed by atoms with Crippen LogP contribution < -0.4 is 0 Å². The van der Waals surface area contributed by atoms with Crippen LogP contribution in [0.4, 0.5) is 0 Å². The lowest BCUT2D eigenvalue weighted by Gasteiger charge is -2.41. The summed E-state index contributed by atoms with van der Waals surface area (Å²) in [5, 5.41) is 0.918. The van der Waals surface area contributed by atoms with Crippen molar-refractivity contribution in [3.05, 3.63) is 11.3 Å². The van der Waals surface area contributed by atoms with Crippen LogP contribution in [0.3, 0.4) is 0 Å². The van der Waals surface area contributed by atoms with Crippen molar-refractivity contribution >= 4 is 13.9 Å². The molecule has 5 nitrogen and oxygen atoms in total. The summed E-state index contributed by atoms with van der Waals surface area (Å²) in [7, 11) is -0.0907. The number of fused-ring (bicyclic) bond motifs is 2. The van der Waals surface area contributed by atoms with Gasteiger partial charge in [0.1, 0.15) is 12.2 Å². The topological polar surface area (TPSA) is 54.0 Å². The summed E-state index contributed by atoms with van der Waals surface area (Å²) in [6.45, 7) is 10.1. The Kier molecular flexibility index (Phi) is 2.89. The molecule has 6 heteroatoms. The molecule has 2 fully saturated rings. The van der Waals surface area contributed by atoms with Gasteiger partial charge in [-0.05, 0) is 25.1 Å². The van der Waals surface area contributed by atoms with E-state index in [1.807, 2.05) is 19.9 Å². The Morgan fingerprint density at radius 3 is 2.35 bits per heavy atom. The van der Waals surface area contributed by atoms with Gasteiger partial charge in [0.25, 0.3) is 0 Å². The maximum Gasteiger partial charge on any atom is 0.193 e. The third kappa shape index (κ3) is 1.79. The molecule has 0 aromatic rings. The molecular formula is C14H22O5Si. The minimum absolute atomic E-state index is 0.0486. The van der Waals surface area contributed by atoms with E-state index in [9.17, 15) is 4.79 Å². The van der Waals surface area contributed by atoms with Crippen molar-refractivity contribution in [1.29, 1.82) is 0 Å². The van der Waals surface area contributed by atoms with Gasteiger partial charge in [0.15, 0.2) is 23.5 Å². The lowest BCUT2D eigenvalue weighted by atomic mass is 9.81. The number of hydrogen-bond acceptors (Lipinski definition) is 5. The van der Waals surface area contributed by atoms with Crippen molar-refractivity contribution in [1.82, 2.24) is 0 Å². The monoisotopic (exact) mass is 298 g/mol. The number of hydrogen-bond donors (Lipinski definition) is 0. The summed E-state index contributed by atoms with van der Waals surface area (Å²) in [6, 6.07) is 0. The highest BCUT2D eigenvalue weighted by Gasteiger charge is 2.69. The first-order chi connectivity index (χ1) is 9.11. The number of ether oxygens (including phenoxy) is 4. The van der Waals surface area contributed by atoms with E-state index in [1.54, 1.807) is 7.11 Å². The normalized spacial score (nSPS) is 42.6. The van der Waals surface area contributed by atoms with Crippen LogP contribution in [0.25, 0.3) is 0 Å². The second kappa shape index (κ2) is 4.01. The molecule has 2 heterocycles. The van der Waals surface area contributed by atoms with Crippen LogP contribution in [-0.2, 0) is 23.7 Å². The van der Waals surface area contributed by atoms with E-state index in [-0.39, 0.29) is 11.9 Å². The molecule has 0 radical (unpaired) electrons. The van der Waals surface area contributed by atoms with E-state index in [0.29, 0.717) is 0 Å². The van der Waals surface area contributed by atoms with Crippen molar-refractivity contribution in [2.75, 3.05) is 7.11 Å². The Morgan fingerprint density at radius 1 is 1.20 bits per heavy atom. The lowest BCUT2D eigenvalue weighted by Crippen LogP contribution is -2.59. The highest BCUT2D eigenvalue weighted by Crippen LogP contribution is 2.51. The molecule has 0 aromatic heterocycles. The predicted octanol–water partition coefficient (Wildman–Crippen LogP) is 1.63. The van der Waals surface area contributed by atoms with Crippen molar-refractivity contribution < 1.29 is 23.7 Å². The van der Waals surface area contributed by atoms with Crippen molar-refractivity contribution in [3.8, 4) is 0 Å². The maximum atomic E-state index is 12.7. The molecule has 2 aliphatic heterocycles. The molecule has 0 bridgehead atoms. The van der Waals surface area contributed by atoms with Crippen LogP contribution in [0.1, 0.15) is 13.8 Å². The second-order valence-electron chi connectivity index (χ2n) is 7.17. The van der Waals surface area contributed by atoms with Crippen molar-refractivity contribution in [2.24, 2.45) is 0 Å². The van der Waals surface area contributed by atoms with Crippen molar-refractivity contribution in [3.63, 3.8) is 0 Å². The van der Waals surface area contributed by atoms with E-state index < -0.39 is 31.9 Å². The Hall–Kier alpha value is -0.533. The van der Waals surface area contributed by atoms with E-state index in [0.717, 1.165) is 5.20 Å². The molecule has 2 saturated heterocycles. The molecule has 1 spiro atoms. The van der Waals surface area contributed by atoms with Gasteiger partial charge < -0.3 is 18.9 Å². The molecule has 2 unspecified atom stereocenters. The van der Waals surface area contributed by atoms with Gasteiger partial charge in [-0.1, -0.05) is 19.6 Å². The fraction of sp³-hybridized carbons (Fsp3) is 0.786. The van der Waals surface area contributed by atoms with Gasteiger partial charge in [0, 0.05) is 7.11 Å². The minimum Gasteiger partial charge on any atom is -0.353 e. The van der Waals surface area contributed by atoms with E-state index >= 15 is 0 Å². The first-order valence-electron chi connectivity index (χ1n) is 6.95. The molecule has 0 aromatic carbocycles. The molecule has 20 heavy (non-hydrogen) atoms. The number of Topliss-reactive ketones (excluding diaryl/α,β-unsaturated/α-hetero) is 1. The smallest absolute Gasteiger partial charge is 0.193 e. The zero-order valence-corrected chi connectivity index (χ0v) is 13.9. The van der Waals surface area contributed by atoms with Gasteiger partial charge in [-0.25, -0.2) is 0 Å². The summed E-state index contributed by atoms with van der Waals surface area (Å²) >= 11 is 0. The van der Waals surface area contributed by atoms with Gasteiger partial charge in [0.2, 0.25) is 0 Å². The first-order valence-corrected chi connectivity index (χ1v) is 10.5. The summed E-state index contributed by atoms with van der Waals surface area (Å²) in [5.74, 6) is -0.668. The van der Waals surface area contributed by atoms with Crippen LogP contribution in [0.15, 0.2) is 11.3 Å². The summed E-state index contributed by atoms with van der Waals surface area (Å²) in [4.78, 5) is 12.7. The zero-order chi connectivity index (χ0) is 14.9. The molecule has 0 N–H and O–H groups in total. The zero-order valence-electron chi connectivity index (χ0n) is 12.9. The lowest BCUT2D eigenvalue weighted by molar-refractivity contribution is -0.239.